The average Bonchev–Trinajstić information content (AvgIpc) is 2.27. The van der Waals surface area contributed by atoms with Gasteiger partial charge in [0.15, 0.2) is 17.4 Å². The molecule has 0 aliphatic carbocycles. The molecule has 0 aromatic heterocycles. The number of nitrogens with one attached hydrogen (secondary N) is 1. The van der Waals surface area contributed by atoms with E-state index in [-0.39, 0.29) is 12.6 Å². The van der Waals surface area contributed by atoms with E-state index < -0.39 is 22.9 Å². The molecule has 1 aromatic rings. The molecule has 1 N–H and O–H groups in total. The minimum absolute atomic E-state index is 0.0590. The first kappa shape index (κ1) is 14.4. The van der Waals surface area contributed by atoms with Crippen molar-refractivity contribution in [2.45, 2.75) is 32.4 Å². The van der Waals surface area contributed by atoms with E-state index >= 15 is 0 Å². The zero-order chi connectivity index (χ0) is 13.8. The highest BCUT2D eigenvalue weighted by molar-refractivity contribution is 5.26. The Morgan fingerprint density at radius 2 is 1.94 bits per heavy atom. The van der Waals surface area contributed by atoms with Gasteiger partial charge in [-0.2, -0.15) is 5.26 Å². The van der Waals surface area contributed by atoms with Crippen molar-refractivity contribution < 1.29 is 13.5 Å². The van der Waals surface area contributed by atoms with Gasteiger partial charge in [0, 0.05) is 6.04 Å². The number of ether oxygens (including phenoxy) is 1. The molecule has 0 aliphatic heterocycles. The first-order chi connectivity index (χ1) is 8.38. The molecular formula is C13H16F2N2O. The smallest absolute Gasteiger partial charge is 0.190 e. The van der Waals surface area contributed by atoms with Crippen LogP contribution in [-0.2, 0) is 0 Å². The van der Waals surface area contributed by atoms with Crippen molar-refractivity contribution in [3.63, 3.8) is 0 Å². The minimum atomic E-state index is -0.997. The fraction of sp³-hybridized carbons (Fsp3) is 0.462. The highest BCUT2D eigenvalue weighted by Crippen LogP contribution is 2.22. The lowest BCUT2D eigenvalue weighted by Gasteiger charge is -2.25. The number of halogens is 2. The predicted molar refractivity (Wildman–Crippen MR) is 64.1 cm³/mol. The highest BCUT2D eigenvalue weighted by Gasteiger charge is 2.26. The molecule has 18 heavy (non-hydrogen) atoms. The number of rotatable bonds is 5. The van der Waals surface area contributed by atoms with Crippen LogP contribution in [0.1, 0.15) is 20.8 Å². The number of benzene rings is 1. The molecule has 5 heteroatoms. The molecular weight excluding hydrogens is 238 g/mol. The van der Waals surface area contributed by atoms with Crippen LogP contribution in [-0.4, -0.2) is 18.2 Å². The Hall–Kier alpha value is -1.67. The third kappa shape index (κ3) is 3.67. The Kier molecular flexibility index (Phi) is 4.62. The van der Waals surface area contributed by atoms with E-state index in [1.807, 2.05) is 19.9 Å². The average molecular weight is 254 g/mol. The molecule has 98 valence electrons. The van der Waals surface area contributed by atoms with Crippen LogP contribution < -0.4 is 10.1 Å². The summed E-state index contributed by atoms with van der Waals surface area (Å²) in [7, 11) is 0. The Morgan fingerprint density at radius 3 is 2.39 bits per heavy atom. The van der Waals surface area contributed by atoms with Gasteiger partial charge in [-0.1, -0.05) is 6.07 Å². The van der Waals surface area contributed by atoms with Gasteiger partial charge in [0.05, 0.1) is 6.07 Å². The van der Waals surface area contributed by atoms with E-state index in [4.69, 9.17) is 10.00 Å². The van der Waals surface area contributed by atoms with Crippen molar-refractivity contribution in [1.29, 1.82) is 5.26 Å². The Labute approximate surface area is 105 Å². The fourth-order valence-electron chi connectivity index (χ4n) is 1.58. The molecule has 0 fully saturated rings. The first-order valence-electron chi connectivity index (χ1n) is 5.64. The normalized spacial score (nSPS) is 14.1. The van der Waals surface area contributed by atoms with Crippen molar-refractivity contribution in [1.82, 2.24) is 5.32 Å². The number of hydrogen-bond acceptors (Lipinski definition) is 3. The number of nitrogens with zero attached hydrogens (tertiary/aromatic N) is 1. The lowest BCUT2D eigenvalue weighted by Crippen LogP contribution is -2.49. The van der Waals surface area contributed by atoms with Crippen molar-refractivity contribution in [3.8, 4) is 11.8 Å². The lowest BCUT2D eigenvalue weighted by molar-refractivity contribution is 0.209. The van der Waals surface area contributed by atoms with Crippen LogP contribution in [0, 0.1) is 23.0 Å². The molecule has 0 amide bonds. The summed E-state index contributed by atoms with van der Waals surface area (Å²) in [6.45, 7) is 5.23. The molecule has 1 aromatic carbocycles. The van der Waals surface area contributed by atoms with E-state index in [1.54, 1.807) is 6.92 Å². The monoisotopic (exact) mass is 254 g/mol. The molecule has 3 nitrogen and oxygen atoms in total. The summed E-state index contributed by atoms with van der Waals surface area (Å²) in [4.78, 5) is 0. The summed E-state index contributed by atoms with van der Waals surface area (Å²) in [6.07, 6.45) is 0. The van der Waals surface area contributed by atoms with Crippen LogP contribution in [0.25, 0.3) is 0 Å². The second-order valence-electron chi connectivity index (χ2n) is 4.58. The van der Waals surface area contributed by atoms with Crippen LogP contribution in [0.15, 0.2) is 18.2 Å². The standard InChI is InChI=1S/C13H16F2N2O/c1-9(2)17-13(3,7-16)8-18-12-10(14)5-4-6-11(12)15/h4-6,9,17H,8H2,1-3H3. The van der Waals surface area contributed by atoms with Crippen molar-refractivity contribution in [2.75, 3.05) is 6.61 Å². The Morgan fingerprint density at radius 1 is 1.39 bits per heavy atom. The molecule has 0 saturated carbocycles. The number of hydrogen-bond donors (Lipinski definition) is 1. The van der Waals surface area contributed by atoms with Gasteiger partial charge in [-0.05, 0) is 32.9 Å². The first-order valence-corrected chi connectivity index (χ1v) is 5.64. The Balaban J connectivity index is 2.78. The summed E-state index contributed by atoms with van der Waals surface area (Å²) < 4.78 is 31.7. The summed E-state index contributed by atoms with van der Waals surface area (Å²) in [5.74, 6) is -2.01. The van der Waals surface area contributed by atoms with Crippen molar-refractivity contribution in [3.05, 3.63) is 29.8 Å². The van der Waals surface area contributed by atoms with Gasteiger partial charge in [0.2, 0.25) is 0 Å². The van der Waals surface area contributed by atoms with E-state index in [9.17, 15) is 8.78 Å². The van der Waals surface area contributed by atoms with Gasteiger partial charge < -0.3 is 4.74 Å². The molecule has 0 heterocycles. The second kappa shape index (κ2) is 5.78. The zero-order valence-electron chi connectivity index (χ0n) is 10.6. The highest BCUT2D eigenvalue weighted by atomic mass is 19.1. The Bertz CT molecular complexity index is 437. The maximum atomic E-state index is 13.3. The van der Waals surface area contributed by atoms with Crippen LogP contribution in [0.5, 0.6) is 5.75 Å². The summed E-state index contributed by atoms with van der Waals surface area (Å²) in [5.41, 5.74) is -0.997. The third-order valence-corrected chi connectivity index (χ3v) is 2.28. The van der Waals surface area contributed by atoms with Crippen LogP contribution in [0.3, 0.4) is 0 Å². The van der Waals surface area contributed by atoms with E-state index in [2.05, 4.69) is 5.32 Å². The summed E-state index contributed by atoms with van der Waals surface area (Å²) in [6, 6.07) is 5.57. The van der Waals surface area contributed by atoms with Gasteiger partial charge in [-0.25, -0.2) is 8.78 Å². The van der Waals surface area contributed by atoms with Gasteiger partial charge in [0.25, 0.3) is 0 Å². The SMILES string of the molecule is CC(C)NC(C)(C#N)COc1c(F)cccc1F. The zero-order valence-corrected chi connectivity index (χ0v) is 10.6. The van der Waals surface area contributed by atoms with E-state index in [0.717, 1.165) is 12.1 Å². The van der Waals surface area contributed by atoms with Gasteiger partial charge in [-0.15, -0.1) is 0 Å². The molecule has 0 spiro atoms. The van der Waals surface area contributed by atoms with Crippen LogP contribution in [0.2, 0.25) is 0 Å². The topological polar surface area (TPSA) is 45.0 Å². The van der Waals surface area contributed by atoms with Crippen LogP contribution >= 0.6 is 0 Å². The maximum absolute atomic E-state index is 13.3. The summed E-state index contributed by atoms with van der Waals surface area (Å²) in [5, 5.41) is 12.1. The molecule has 1 unspecified atom stereocenters. The molecule has 0 radical (unpaired) electrons. The molecule has 0 saturated heterocycles. The van der Waals surface area contributed by atoms with E-state index in [0.29, 0.717) is 0 Å². The maximum Gasteiger partial charge on any atom is 0.190 e. The number of para-hydroxylation sites is 1. The number of nitriles is 1. The van der Waals surface area contributed by atoms with Crippen molar-refractivity contribution in [2.24, 2.45) is 0 Å². The largest absolute Gasteiger partial charge is 0.485 e. The van der Waals surface area contributed by atoms with Gasteiger partial charge in [-0.3, -0.25) is 5.32 Å². The minimum Gasteiger partial charge on any atom is -0.485 e. The summed E-state index contributed by atoms with van der Waals surface area (Å²) >= 11 is 0. The molecule has 0 bridgehead atoms. The van der Waals surface area contributed by atoms with Gasteiger partial charge >= 0.3 is 0 Å². The fourth-order valence-corrected chi connectivity index (χ4v) is 1.58. The van der Waals surface area contributed by atoms with Crippen molar-refractivity contribution >= 4 is 0 Å². The van der Waals surface area contributed by atoms with Crippen LogP contribution in [0.4, 0.5) is 8.78 Å². The quantitative estimate of drug-likeness (QED) is 0.878. The van der Waals surface area contributed by atoms with Gasteiger partial charge in [0.1, 0.15) is 12.1 Å². The lowest BCUT2D eigenvalue weighted by atomic mass is 10.1. The molecule has 1 rings (SSSR count). The molecule has 0 aliphatic rings. The molecule has 1 atom stereocenters. The second-order valence-corrected chi connectivity index (χ2v) is 4.58. The van der Waals surface area contributed by atoms with E-state index in [1.165, 1.54) is 6.07 Å². The third-order valence-electron chi connectivity index (χ3n) is 2.28. The predicted octanol–water partition coefficient (Wildman–Crippen LogP) is 2.62.